The molecule has 0 unspecified atom stereocenters. The molecule has 0 spiro atoms. The summed E-state index contributed by atoms with van der Waals surface area (Å²) in [7, 11) is 0. The van der Waals surface area contributed by atoms with E-state index in [0.29, 0.717) is 28.8 Å². The number of benzene rings is 2. The summed E-state index contributed by atoms with van der Waals surface area (Å²) in [5.74, 6) is 6.10. The van der Waals surface area contributed by atoms with Crippen molar-refractivity contribution >= 4 is 17.4 Å². The van der Waals surface area contributed by atoms with Crippen molar-refractivity contribution < 1.29 is 18.0 Å². The van der Waals surface area contributed by atoms with E-state index in [4.69, 9.17) is 0 Å². The summed E-state index contributed by atoms with van der Waals surface area (Å²) in [5.41, 5.74) is 2.17. The van der Waals surface area contributed by atoms with Gasteiger partial charge in [-0.25, -0.2) is 4.98 Å². The first-order valence-electron chi connectivity index (χ1n) is 11.9. The Morgan fingerprint density at radius 1 is 1.03 bits per heavy atom. The number of nitrogens with zero attached hydrogens (tertiary/aromatic N) is 4. The molecule has 0 saturated heterocycles. The maximum absolute atomic E-state index is 13.6. The first-order chi connectivity index (χ1) is 18.1. The summed E-state index contributed by atoms with van der Waals surface area (Å²) in [6.45, 7) is 3.59. The summed E-state index contributed by atoms with van der Waals surface area (Å²) in [6.07, 6.45) is 0.695. The molecule has 0 radical (unpaired) electrons. The Kier molecular flexibility index (Phi) is 6.59. The molecular formula is C28H23F3N6O. The van der Waals surface area contributed by atoms with Crippen molar-refractivity contribution in [2.24, 2.45) is 0 Å². The van der Waals surface area contributed by atoms with Gasteiger partial charge >= 0.3 is 6.18 Å². The van der Waals surface area contributed by atoms with Gasteiger partial charge in [-0.1, -0.05) is 12.0 Å². The van der Waals surface area contributed by atoms with Gasteiger partial charge in [0.25, 0.3) is 5.91 Å². The van der Waals surface area contributed by atoms with E-state index in [9.17, 15) is 18.0 Å². The molecule has 192 valence electrons. The minimum Gasteiger partial charge on any atom is -0.366 e. The van der Waals surface area contributed by atoms with Crippen LogP contribution in [0.4, 0.5) is 24.7 Å². The van der Waals surface area contributed by atoms with Crippen molar-refractivity contribution in [2.75, 3.05) is 10.6 Å². The number of rotatable bonds is 5. The van der Waals surface area contributed by atoms with E-state index in [2.05, 4.69) is 37.7 Å². The van der Waals surface area contributed by atoms with Crippen LogP contribution in [-0.4, -0.2) is 31.7 Å². The number of amides is 1. The fraction of sp³-hybridized carbons (Fsp3) is 0.214. The highest BCUT2D eigenvalue weighted by molar-refractivity contribution is 6.04. The average molecular weight is 517 g/mol. The van der Waals surface area contributed by atoms with Gasteiger partial charge in [-0.15, -0.1) is 10.2 Å². The first kappa shape index (κ1) is 25.0. The normalized spacial score (nSPS) is 13.0. The summed E-state index contributed by atoms with van der Waals surface area (Å²) in [6, 6.07) is 12.4. The van der Waals surface area contributed by atoms with Gasteiger partial charge in [0.2, 0.25) is 0 Å². The number of hydrogen-bond acceptors (Lipinski definition) is 5. The van der Waals surface area contributed by atoms with Crippen LogP contribution in [0.5, 0.6) is 0 Å². The van der Waals surface area contributed by atoms with Gasteiger partial charge in [-0.05, 0) is 80.6 Å². The topological polar surface area (TPSA) is 84.7 Å². The van der Waals surface area contributed by atoms with Gasteiger partial charge in [-0.2, -0.15) is 13.2 Å². The summed E-state index contributed by atoms with van der Waals surface area (Å²) in [5, 5.41) is 14.1. The Morgan fingerprint density at radius 2 is 1.84 bits per heavy atom. The molecule has 0 aliphatic heterocycles. The number of alkyl halides is 3. The van der Waals surface area contributed by atoms with Crippen LogP contribution in [0.1, 0.15) is 51.3 Å². The summed E-state index contributed by atoms with van der Waals surface area (Å²) >= 11 is 0. The third-order valence-electron chi connectivity index (χ3n) is 5.93. The fourth-order valence-electron chi connectivity index (χ4n) is 3.70. The van der Waals surface area contributed by atoms with Crippen LogP contribution in [-0.2, 0) is 6.18 Å². The van der Waals surface area contributed by atoms with E-state index in [1.807, 2.05) is 13.0 Å². The minimum absolute atomic E-state index is 0.00885. The van der Waals surface area contributed by atoms with E-state index >= 15 is 0 Å². The van der Waals surface area contributed by atoms with Crippen LogP contribution in [0.3, 0.4) is 0 Å². The molecule has 7 nitrogen and oxygen atoms in total. The second-order valence-electron chi connectivity index (χ2n) is 9.14. The van der Waals surface area contributed by atoms with Crippen LogP contribution >= 0.6 is 0 Å². The number of aromatic nitrogens is 4. The number of carbonyl (C=O) groups excluding carboxylic acids is 1. The highest BCUT2D eigenvalue weighted by Crippen LogP contribution is 2.33. The van der Waals surface area contributed by atoms with Crippen LogP contribution < -0.4 is 10.6 Å². The molecule has 10 heteroatoms. The van der Waals surface area contributed by atoms with Crippen LogP contribution in [0.2, 0.25) is 0 Å². The molecule has 5 rings (SSSR count). The lowest BCUT2D eigenvalue weighted by Gasteiger charge is -2.14. The molecule has 2 N–H and O–H groups in total. The molecular weight excluding hydrogens is 493 g/mol. The van der Waals surface area contributed by atoms with E-state index in [1.54, 1.807) is 37.4 Å². The monoisotopic (exact) mass is 516 g/mol. The molecule has 1 saturated carbocycles. The lowest BCUT2D eigenvalue weighted by molar-refractivity contribution is -0.137. The zero-order valence-electron chi connectivity index (χ0n) is 20.6. The van der Waals surface area contributed by atoms with Gasteiger partial charge in [0.05, 0.1) is 17.6 Å². The third kappa shape index (κ3) is 6.00. The zero-order valence-corrected chi connectivity index (χ0v) is 20.6. The number of imidazole rings is 1. The molecule has 0 bridgehead atoms. The average Bonchev–Trinajstić information content (AvgIpc) is 3.59. The van der Waals surface area contributed by atoms with Gasteiger partial charge in [-0.3, -0.25) is 4.79 Å². The molecule has 1 fully saturated rings. The van der Waals surface area contributed by atoms with Gasteiger partial charge in [0, 0.05) is 34.7 Å². The maximum atomic E-state index is 13.6. The zero-order chi connectivity index (χ0) is 26.9. The summed E-state index contributed by atoms with van der Waals surface area (Å²) in [4.78, 5) is 17.1. The largest absolute Gasteiger partial charge is 0.416 e. The van der Waals surface area contributed by atoms with E-state index < -0.39 is 17.6 Å². The molecule has 2 heterocycles. The Labute approximate surface area is 217 Å². The van der Waals surface area contributed by atoms with Gasteiger partial charge in [0.15, 0.2) is 0 Å². The smallest absolute Gasteiger partial charge is 0.366 e. The molecule has 4 aromatic rings. The number of anilines is 2. The Balaban J connectivity index is 1.37. The predicted molar refractivity (Wildman–Crippen MR) is 137 cm³/mol. The van der Waals surface area contributed by atoms with Crippen molar-refractivity contribution in [3.63, 3.8) is 0 Å². The van der Waals surface area contributed by atoms with Crippen LogP contribution in [0.15, 0.2) is 61.1 Å². The fourth-order valence-corrected chi connectivity index (χ4v) is 3.70. The number of carbonyl (C=O) groups is 1. The van der Waals surface area contributed by atoms with E-state index in [0.717, 1.165) is 30.5 Å². The second kappa shape index (κ2) is 10.0. The highest BCUT2D eigenvalue weighted by atomic mass is 19.4. The standard InChI is InChI=1S/C28H23F3N6O/c1-17-3-4-20(11-19(17)5-6-23-9-10-26(36-35-23)33-22-7-8-22)27(38)34-24-12-21(28(29,30)31)13-25(14-24)37-15-18(2)32-16-37/h3-4,9-16,22H,7-8H2,1-2H3,(H,33,36)(H,34,38). The van der Waals surface area contributed by atoms with Crippen molar-refractivity contribution in [2.45, 2.75) is 38.9 Å². The third-order valence-corrected chi connectivity index (χ3v) is 5.93. The molecule has 1 aliphatic carbocycles. The SMILES string of the molecule is Cc1cn(-c2cc(NC(=O)c3ccc(C)c(C#Cc4ccc(NC5CC5)nn4)c3)cc(C(F)(F)F)c2)cn1. The molecule has 38 heavy (non-hydrogen) atoms. The van der Waals surface area contributed by atoms with Crippen molar-refractivity contribution in [3.05, 3.63) is 94.7 Å². The molecule has 2 aromatic heterocycles. The lowest BCUT2D eigenvalue weighted by Crippen LogP contribution is -2.14. The highest BCUT2D eigenvalue weighted by Gasteiger charge is 2.31. The number of nitrogens with one attached hydrogen (secondary N) is 2. The number of halogens is 3. The Morgan fingerprint density at radius 3 is 2.50 bits per heavy atom. The van der Waals surface area contributed by atoms with Crippen molar-refractivity contribution in [3.8, 4) is 17.5 Å². The summed E-state index contributed by atoms with van der Waals surface area (Å²) < 4.78 is 42.2. The predicted octanol–water partition coefficient (Wildman–Crippen LogP) is 5.52. The van der Waals surface area contributed by atoms with Gasteiger partial charge in [0.1, 0.15) is 11.5 Å². The molecule has 1 amide bonds. The Hall–Kier alpha value is -4.65. The van der Waals surface area contributed by atoms with Crippen LogP contribution in [0, 0.1) is 25.7 Å². The van der Waals surface area contributed by atoms with Crippen LogP contribution in [0.25, 0.3) is 5.69 Å². The second-order valence-corrected chi connectivity index (χ2v) is 9.14. The Bertz CT molecular complexity index is 1560. The van der Waals surface area contributed by atoms with E-state index in [1.165, 1.54) is 17.0 Å². The molecule has 0 atom stereocenters. The lowest BCUT2D eigenvalue weighted by atomic mass is 10.0. The molecule has 1 aliphatic rings. The van der Waals surface area contributed by atoms with Gasteiger partial charge < -0.3 is 15.2 Å². The minimum atomic E-state index is -4.59. The van der Waals surface area contributed by atoms with Crippen molar-refractivity contribution in [1.82, 2.24) is 19.7 Å². The van der Waals surface area contributed by atoms with E-state index in [-0.39, 0.29) is 16.9 Å². The molecule has 2 aromatic carbocycles. The quantitative estimate of drug-likeness (QED) is 0.341. The number of aryl methyl sites for hydroxylation is 2. The van der Waals surface area contributed by atoms with Crippen molar-refractivity contribution in [1.29, 1.82) is 0 Å². The maximum Gasteiger partial charge on any atom is 0.416 e. The number of hydrogen-bond donors (Lipinski definition) is 2. The first-order valence-corrected chi connectivity index (χ1v) is 11.9.